The number of carbonyl (C=O) groups excluding carboxylic acids is 2. The SMILES string of the molecule is COc1ccc(CN2CC(=O)N3C(c4cccc(Cl)c4)c4[nH]c5ccccc5c4C[C@@H]3C2=O)cc1OC. The number of carbonyl (C=O) groups is 2. The van der Waals surface area contributed by atoms with Gasteiger partial charge in [0.2, 0.25) is 11.8 Å². The van der Waals surface area contributed by atoms with Crippen molar-refractivity contribution in [1.82, 2.24) is 14.8 Å². The lowest BCUT2D eigenvalue weighted by Gasteiger charge is -2.47. The van der Waals surface area contributed by atoms with E-state index in [1.165, 1.54) is 0 Å². The molecule has 0 radical (unpaired) electrons. The van der Waals surface area contributed by atoms with Gasteiger partial charge >= 0.3 is 0 Å². The highest BCUT2D eigenvalue weighted by Gasteiger charge is 2.48. The molecular weight excluding hydrogens is 490 g/mol. The second-order valence-corrected chi connectivity index (χ2v) is 9.86. The standard InChI is InChI=1S/C29H26ClN3O4/c1-36-24-11-10-17(12-25(24)37-2)15-32-16-26(34)33-23(29(32)35)14-21-20-8-3-4-9-22(20)31-27(21)28(33)18-6-5-7-19(30)13-18/h3-13,23,28,31H,14-16H2,1-2H3/t23-,28?/m1/s1. The molecule has 0 saturated carbocycles. The van der Waals surface area contributed by atoms with Crippen molar-refractivity contribution >= 4 is 34.3 Å². The maximum Gasteiger partial charge on any atom is 0.246 e. The quantitative estimate of drug-likeness (QED) is 0.417. The third kappa shape index (κ3) is 3.90. The number of H-pyrrole nitrogens is 1. The summed E-state index contributed by atoms with van der Waals surface area (Å²) < 4.78 is 10.8. The van der Waals surface area contributed by atoms with Crippen LogP contribution in [0.15, 0.2) is 66.7 Å². The highest BCUT2D eigenvalue weighted by atomic mass is 35.5. The highest BCUT2D eigenvalue weighted by molar-refractivity contribution is 6.30. The minimum absolute atomic E-state index is 0.00367. The van der Waals surface area contributed by atoms with E-state index in [0.717, 1.165) is 33.3 Å². The van der Waals surface area contributed by atoms with Crippen molar-refractivity contribution < 1.29 is 19.1 Å². The fourth-order valence-corrected chi connectivity index (χ4v) is 5.88. The first kappa shape index (κ1) is 23.4. The van der Waals surface area contributed by atoms with Crippen LogP contribution in [0.5, 0.6) is 11.5 Å². The van der Waals surface area contributed by atoms with Crippen LogP contribution in [0.3, 0.4) is 0 Å². The maximum atomic E-state index is 13.9. The molecule has 7 nitrogen and oxygen atoms in total. The van der Waals surface area contributed by atoms with Crippen molar-refractivity contribution in [3.63, 3.8) is 0 Å². The Morgan fingerprint density at radius 2 is 1.78 bits per heavy atom. The number of rotatable bonds is 5. The Morgan fingerprint density at radius 1 is 0.973 bits per heavy atom. The average molecular weight is 516 g/mol. The molecule has 0 spiro atoms. The average Bonchev–Trinajstić information content (AvgIpc) is 3.28. The number of piperazine rings is 1. The molecule has 3 aromatic carbocycles. The molecule has 6 rings (SSSR count). The first-order valence-corrected chi connectivity index (χ1v) is 12.5. The largest absolute Gasteiger partial charge is 0.493 e. The molecule has 1 N–H and O–H groups in total. The molecule has 37 heavy (non-hydrogen) atoms. The Morgan fingerprint density at radius 3 is 2.57 bits per heavy atom. The molecule has 2 amide bonds. The molecule has 3 heterocycles. The summed E-state index contributed by atoms with van der Waals surface area (Å²) in [5, 5.41) is 1.66. The number of methoxy groups -OCH3 is 2. The predicted octanol–water partition coefficient (Wildman–Crippen LogP) is 4.72. The first-order valence-electron chi connectivity index (χ1n) is 12.1. The third-order valence-electron chi connectivity index (χ3n) is 7.33. The normalized spacial score (nSPS) is 19.1. The minimum atomic E-state index is -0.614. The number of ether oxygens (including phenoxy) is 2. The fourth-order valence-electron chi connectivity index (χ4n) is 5.68. The molecular formula is C29H26ClN3O4. The Labute approximate surface area is 219 Å². The number of aromatic amines is 1. The van der Waals surface area contributed by atoms with E-state index in [9.17, 15) is 9.59 Å². The number of para-hydroxylation sites is 1. The summed E-state index contributed by atoms with van der Waals surface area (Å²) in [5.41, 5.74) is 4.73. The van der Waals surface area contributed by atoms with Gasteiger partial charge in [-0.15, -0.1) is 0 Å². The van der Waals surface area contributed by atoms with Gasteiger partial charge in [0.1, 0.15) is 12.6 Å². The van der Waals surface area contributed by atoms with E-state index >= 15 is 0 Å². The Balaban J connectivity index is 1.41. The molecule has 0 aliphatic carbocycles. The molecule has 1 aromatic heterocycles. The van der Waals surface area contributed by atoms with Gasteiger partial charge in [-0.2, -0.15) is 0 Å². The van der Waals surface area contributed by atoms with Gasteiger partial charge in [-0.05, 0) is 47.0 Å². The summed E-state index contributed by atoms with van der Waals surface area (Å²) in [6.07, 6.45) is 0.448. The lowest BCUT2D eigenvalue weighted by atomic mass is 9.86. The zero-order valence-electron chi connectivity index (χ0n) is 20.5. The summed E-state index contributed by atoms with van der Waals surface area (Å²) in [7, 11) is 3.16. The highest BCUT2D eigenvalue weighted by Crippen LogP contribution is 2.43. The molecule has 188 valence electrons. The second kappa shape index (κ2) is 9.16. The van der Waals surface area contributed by atoms with E-state index in [-0.39, 0.29) is 18.4 Å². The molecule has 1 fully saturated rings. The number of hydrogen-bond acceptors (Lipinski definition) is 4. The van der Waals surface area contributed by atoms with Gasteiger partial charge < -0.3 is 24.3 Å². The fraction of sp³-hybridized carbons (Fsp3) is 0.241. The number of aromatic nitrogens is 1. The molecule has 8 heteroatoms. The van der Waals surface area contributed by atoms with E-state index in [0.29, 0.717) is 29.5 Å². The van der Waals surface area contributed by atoms with Crippen molar-refractivity contribution in [2.45, 2.75) is 25.0 Å². The van der Waals surface area contributed by atoms with Crippen LogP contribution in [0.25, 0.3) is 10.9 Å². The lowest BCUT2D eigenvalue weighted by molar-refractivity contribution is -0.159. The number of nitrogens with one attached hydrogen (secondary N) is 1. The summed E-state index contributed by atoms with van der Waals surface area (Å²) >= 11 is 6.36. The van der Waals surface area contributed by atoms with E-state index in [1.807, 2.05) is 60.7 Å². The monoisotopic (exact) mass is 515 g/mol. The summed E-state index contributed by atoms with van der Waals surface area (Å²) in [6, 6.07) is 20.1. The molecule has 0 bridgehead atoms. The topological polar surface area (TPSA) is 74.9 Å². The molecule has 1 unspecified atom stereocenters. The van der Waals surface area contributed by atoms with Gasteiger partial charge in [0.25, 0.3) is 0 Å². The van der Waals surface area contributed by atoms with Gasteiger partial charge in [0, 0.05) is 34.6 Å². The van der Waals surface area contributed by atoms with E-state index in [2.05, 4.69) is 11.1 Å². The van der Waals surface area contributed by atoms with Crippen molar-refractivity contribution in [2.24, 2.45) is 0 Å². The van der Waals surface area contributed by atoms with Gasteiger partial charge in [-0.25, -0.2) is 0 Å². The summed E-state index contributed by atoms with van der Waals surface area (Å²) in [5.74, 6) is 1.03. The van der Waals surface area contributed by atoms with Crippen LogP contribution in [0.1, 0.15) is 28.4 Å². The number of hydrogen-bond donors (Lipinski definition) is 1. The Bertz CT molecular complexity index is 1530. The number of fused-ring (bicyclic) bond motifs is 4. The minimum Gasteiger partial charge on any atom is -0.493 e. The van der Waals surface area contributed by atoms with Crippen LogP contribution in [-0.4, -0.2) is 53.4 Å². The van der Waals surface area contributed by atoms with Gasteiger partial charge in [-0.1, -0.05) is 48.0 Å². The van der Waals surface area contributed by atoms with Crippen LogP contribution in [0.4, 0.5) is 0 Å². The maximum absolute atomic E-state index is 13.9. The van der Waals surface area contributed by atoms with Crippen LogP contribution in [-0.2, 0) is 22.6 Å². The molecule has 4 aromatic rings. The van der Waals surface area contributed by atoms with E-state index in [1.54, 1.807) is 24.0 Å². The number of halogens is 1. The molecule has 2 aliphatic rings. The van der Waals surface area contributed by atoms with Gasteiger partial charge in [0.05, 0.1) is 20.3 Å². The Hall–Kier alpha value is -3.97. The van der Waals surface area contributed by atoms with Crippen LogP contribution >= 0.6 is 11.6 Å². The second-order valence-electron chi connectivity index (χ2n) is 9.42. The first-order chi connectivity index (χ1) is 18.0. The Kier molecular flexibility index (Phi) is 5.80. The summed E-state index contributed by atoms with van der Waals surface area (Å²) in [6.45, 7) is 0.300. The van der Waals surface area contributed by atoms with Gasteiger partial charge in [0.15, 0.2) is 11.5 Å². The number of amides is 2. The zero-order chi connectivity index (χ0) is 25.7. The van der Waals surface area contributed by atoms with Crippen molar-refractivity contribution in [3.8, 4) is 11.5 Å². The lowest BCUT2D eigenvalue weighted by Crippen LogP contribution is -2.62. The summed E-state index contributed by atoms with van der Waals surface area (Å²) in [4.78, 5) is 34.6. The number of nitrogens with zero attached hydrogens (tertiary/aromatic N) is 2. The smallest absolute Gasteiger partial charge is 0.246 e. The zero-order valence-corrected chi connectivity index (χ0v) is 21.3. The third-order valence-corrected chi connectivity index (χ3v) is 7.56. The molecule has 2 aliphatic heterocycles. The molecule has 2 atom stereocenters. The van der Waals surface area contributed by atoms with Crippen molar-refractivity contribution in [3.05, 3.63) is 94.1 Å². The van der Waals surface area contributed by atoms with Crippen LogP contribution in [0.2, 0.25) is 5.02 Å². The van der Waals surface area contributed by atoms with Crippen molar-refractivity contribution in [2.75, 3.05) is 20.8 Å². The van der Waals surface area contributed by atoms with E-state index < -0.39 is 12.1 Å². The van der Waals surface area contributed by atoms with Crippen molar-refractivity contribution in [1.29, 1.82) is 0 Å². The number of benzene rings is 3. The predicted molar refractivity (Wildman–Crippen MR) is 141 cm³/mol. The molecule has 1 saturated heterocycles. The van der Waals surface area contributed by atoms with E-state index in [4.69, 9.17) is 21.1 Å². The van der Waals surface area contributed by atoms with Crippen LogP contribution in [0, 0.1) is 0 Å². The van der Waals surface area contributed by atoms with Crippen LogP contribution < -0.4 is 9.47 Å². The van der Waals surface area contributed by atoms with Gasteiger partial charge in [-0.3, -0.25) is 9.59 Å².